The first-order valence-electron chi connectivity index (χ1n) is 11.6. The van der Waals surface area contributed by atoms with Gasteiger partial charge >= 0.3 is 0 Å². The van der Waals surface area contributed by atoms with Crippen LogP contribution in [0.3, 0.4) is 0 Å². The predicted molar refractivity (Wildman–Crippen MR) is 127 cm³/mol. The van der Waals surface area contributed by atoms with E-state index < -0.39 is 44.0 Å². The molecule has 2 aliphatic rings. The number of hydrogen-bond donors (Lipinski definition) is 2. The molecule has 2 saturated carbocycles. The lowest BCUT2D eigenvalue weighted by Crippen LogP contribution is -2.52. The van der Waals surface area contributed by atoms with Crippen molar-refractivity contribution in [2.45, 2.75) is 61.7 Å². The van der Waals surface area contributed by atoms with Gasteiger partial charge in [-0.15, -0.1) is 0 Å². The largest absolute Gasteiger partial charge is 0.389 e. The minimum Gasteiger partial charge on any atom is -0.389 e. The number of halogens is 4. The Labute approximate surface area is 207 Å². The summed E-state index contributed by atoms with van der Waals surface area (Å²) in [5, 5.41) is 12.9. The zero-order valence-corrected chi connectivity index (χ0v) is 20.9. The summed E-state index contributed by atoms with van der Waals surface area (Å²) in [6, 6.07) is 4.96. The molecule has 2 N–H and O–H groups in total. The van der Waals surface area contributed by atoms with Crippen molar-refractivity contribution in [3.63, 3.8) is 0 Å². The normalized spacial score (nSPS) is 27.0. The topological polar surface area (TPSA) is 83.5 Å². The Kier molecular flexibility index (Phi) is 6.98. The van der Waals surface area contributed by atoms with E-state index in [1.807, 2.05) is 13.8 Å². The van der Waals surface area contributed by atoms with E-state index >= 15 is 0 Å². The van der Waals surface area contributed by atoms with Gasteiger partial charge in [0.15, 0.2) is 27.3 Å². The average molecular weight is 530 g/mol. The van der Waals surface area contributed by atoms with Crippen LogP contribution in [0.4, 0.5) is 18.9 Å². The van der Waals surface area contributed by atoms with Gasteiger partial charge in [0.25, 0.3) is 5.91 Å². The number of fused-ring (bicyclic) bond motifs is 2. The molecular formula is C25H27ClF3NO4S. The molecule has 2 aromatic rings. The van der Waals surface area contributed by atoms with Crippen molar-refractivity contribution in [2.24, 2.45) is 17.8 Å². The molecule has 2 fully saturated rings. The summed E-state index contributed by atoms with van der Waals surface area (Å²) in [6.45, 7) is 4.01. The van der Waals surface area contributed by atoms with Crippen LogP contribution in [0.1, 0.15) is 56.3 Å². The summed E-state index contributed by atoms with van der Waals surface area (Å²) in [4.78, 5) is 12.5. The summed E-state index contributed by atoms with van der Waals surface area (Å²) < 4.78 is 67.4. The zero-order valence-electron chi connectivity index (χ0n) is 19.3. The zero-order chi connectivity index (χ0) is 25.7. The Morgan fingerprint density at radius 3 is 2.26 bits per heavy atom. The molecule has 10 heteroatoms. The molecule has 2 bridgehead atoms. The second kappa shape index (κ2) is 9.41. The predicted octanol–water partition coefficient (Wildman–Crippen LogP) is 5.75. The van der Waals surface area contributed by atoms with Crippen LogP contribution in [0.15, 0.2) is 35.2 Å². The fourth-order valence-corrected chi connectivity index (χ4v) is 8.20. The van der Waals surface area contributed by atoms with Crippen LogP contribution < -0.4 is 5.32 Å². The first kappa shape index (κ1) is 26.0. The smallest absolute Gasteiger partial charge is 0.255 e. The second-order valence-electron chi connectivity index (χ2n) is 9.66. The lowest BCUT2D eigenvalue weighted by Gasteiger charge is -2.46. The maximum atomic E-state index is 13.6. The van der Waals surface area contributed by atoms with E-state index in [2.05, 4.69) is 5.32 Å². The summed E-state index contributed by atoms with van der Waals surface area (Å²) in [7, 11) is -3.94. The molecule has 2 aromatic carbocycles. The number of amides is 1. The van der Waals surface area contributed by atoms with Gasteiger partial charge in [-0.3, -0.25) is 4.79 Å². The van der Waals surface area contributed by atoms with Gasteiger partial charge < -0.3 is 10.4 Å². The van der Waals surface area contributed by atoms with Crippen molar-refractivity contribution < 1.29 is 31.5 Å². The molecule has 0 heterocycles. The van der Waals surface area contributed by atoms with Crippen LogP contribution >= 0.6 is 11.6 Å². The Bertz CT molecular complexity index is 1230. The SMILES string of the molecule is CCC(C)C1(O)[C@@H]2CC[C@H]1CC(S(=O)(=O)c1cc(C(=O)Nc3cc(F)c(F)c(F)c3)ccc1Cl)C2. The van der Waals surface area contributed by atoms with Gasteiger partial charge in [-0.05, 0) is 61.6 Å². The minimum absolute atomic E-state index is 0.0458. The summed E-state index contributed by atoms with van der Waals surface area (Å²) in [5.74, 6) is -5.65. The van der Waals surface area contributed by atoms with E-state index in [-0.39, 0.29) is 38.9 Å². The van der Waals surface area contributed by atoms with Crippen LogP contribution in [0.25, 0.3) is 0 Å². The number of anilines is 1. The van der Waals surface area contributed by atoms with Crippen molar-refractivity contribution in [3.8, 4) is 0 Å². The van der Waals surface area contributed by atoms with Crippen molar-refractivity contribution >= 4 is 33.0 Å². The molecule has 5 atom stereocenters. The fourth-order valence-electron chi connectivity index (χ4n) is 5.80. The van der Waals surface area contributed by atoms with Gasteiger partial charge in [-0.2, -0.15) is 0 Å². The first-order valence-corrected chi connectivity index (χ1v) is 13.5. The standard InChI is InChI=1S/C25H27ClF3NO4S/c1-3-13(2)25(32)15-5-6-16(25)10-18(9-15)35(33,34)22-8-14(4-7-19(22)26)24(31)30-17-11-20(27)23(29)21(28)12-17/h4,7-8,11-13,15-16,18,32H,3,5-6,9-10H2,1-2H3,(H,30,31)/t13?,15-,16+,18?,25?. The number of nitrogens with one attached hydrogen (secondary N) is 1. The fraction of sp³-hybridized carbons (Fsp3) is 0.480. The highest BCUT2D eigenvalue weighted by atomic mass is 35.5. The number of benzene rings is 2. The Morgan fingerprint density at radius 2 is 1.71 bits per heavy atom. The lowest BCUT2D eigenvalue weighted by molar-refractivity contribution is -0.100. The number of carbonyl (C=O) groups excluding carboxylic acids is 1. The monoisotopic (exact) mass is 529 g/mol. The summed E-state index contributed by atoms with van der Waals surface area (Å²) in [5.41, 5.74) is -1.29. The highest BCUT2D eigenvalue weighted by Gasteiger charge is 2.57. The van der Waals surface area contributed by atoms with E-state index in [1.165, 1.54) is 12.1 Å². The third-order valence-electron chi connectivity index (χ3n) is 7.85. The first-order chi connectivity index (χ1) is 16.4. The third kappa shape index (κ3) is 4.47. The van der Waals surface area contributed by atoms with Gasteiger partial charge in [0, 0.05) is 23.4 Å². The van der Waals surface area contributed by atoms with Crippen LogP contribution in [0, 0.1) is 35.2 Å². The van der Waals surface area contributed by atoms with Crippen molar-refractivity contribution in [3.05, 3.63) is 58.4 Å². The van der Waals surface area contributed by atoms with Crippen molar-refractivity contribution in [1.29, 1.82) is 0 Å². The Balaban J connectivity index is 1.60. The number of sulfone groups is 1. The number of rotatable bonds is 6. The van der Waals surface area contributed by atoms with Crippen molar-refractivity contribution in [1.82, 2.24) is 0 Å². The molecule has 0 aliphatic heterocycles. The Hall–Kier alpha value is -2.10. The number of hydrogen-bond acceptors (Lipinski definition) is 4. The van der Waals surface area contributed by atoms with Gasteiger partial charge in [-0.1, -0.05) is 31.9 Å². The molecule has 2 aliphatic carbocycles. The molecule has 0 radical (unpaired) electrons. The molecule has 0 aromatic heterocycles. The molecule has 1 amide bonds. The van der Waals surface area contributed by atoms with Gasteiger partial charge in [0.2, 0.25) is 0 Å². The average Bonchev–Trinajstić information content (AvgIpc) is 2.98. The molecule has 190 valence electrons. The van der Waals surface area contributed by atoms with Crippen LogP contribution in [0.2, 0.25) is 5.02 Å². The van der Waals surface area contributed by atoms with Gasteiger partial charge in [-0.25, -0.2) is 21.6 Å². The Morgan fingerprint density at radius 1 is 1.14 bits per heavy atom. The van der Waals surface area contributed by atoms with Crippen LogP contribution in [-0.4, -0.2) is 30.3 Å². The highest BCUT2D eigenvalue weighted by molar-refractivity contribution is 7.92. The summed E-state index contributed by atoms with van der Waals surface area (Å²) >= 11 is 6.24. The third-order valence-corrected chi connectivity index (χ3v) is 10.5. The second-order valence-corrected chi connectivity index (χ2v) is 12.3. The maximum Gasteiger partial charge on any atom is 0.255 e. The molecule has 5 nitrogen and oxygen atoms in total. The van der Waals surface area contributed by atoms with Crippen LogP contribution in [0.5, 0.6) is 0 Å². The lowest BCUT2D eigenvalue weighted by atomic mass is 9.67. The van der Waals surface area contributed by atoms with E-state index in [4.69, 9.17) is 11.6 Å². The molecular weight excluding hydrogens is 503 g/mol. The molecule has 3 unspecified atom stereocenters. The maximum absolute atomic E-state index is 13.6. The minimum atomic E-state index is -3.94. The molecule has 35 heavy (non-hydrogen) atoms. The van der Waals surface area contributed by atoms with Crippen LogP contribution in [-0.2, 0) is 9.84 Å². The van der Waals surface area contributed by atoms with Crippen molar-refractivity contribution in [2.75, 3.05) is 5.32 Å². The van der Waals surface area contributed by atoms with E-state index in [0.29, 0.717) is 25.0 Å². The summed E-state index contributed by atoms with van der Waals surface area (Å²) in [6.07, 6.45) is 2.93. The quantitative estimate of drug-likeness (QED) is 0.467. The number of carbonyl (C=O) groups is 1. The molecule has 0 spiro atoms. The van der Waals surface area contributed by atoms with E-state index in [0.717, 1.165) is 25.3 Å². The van der Waals surface area contributed by atoms with E-state index in [9.17, 15) is 31.5 Å². The molecule has 4 rings (SSSR count). The van der Waals surface area contributed by atoms with Gasteiger partial charge in [0.05, 0.1) is 20.8 Å². The number of aliphatic hydroxyl groups is 1. The van der Waals surface area contributed by atoms with Gasteiger partial charge in [0.1, 0.15) is 0 Å². The highest BCUT2D eigenvalue weighted by Crippen LogP contribution is 2.55. The van der Waals surface area contributed by atoms with E-state index in [1.54, 1.807) is 0 Å². The molecule has 0 saturated heterocycles.